The Kier molecular flexibility index (Phi) is 3.43. The van der Waals surface area contributed by atoms with Crippen molar-refractivity contribution in [1.29, 1.82) is 0 Å². The third-order valence-electron chi connectivity index (χ3n) is 1.39. The van der Waals surface area contributed by atoms with Crippen molar-refractivity contribution in [2.45, 2.75) is 13.3 Å². The lowest BCUT2D eigenvalue weighted by Crippen LogP contribution is -2.04. The van der Waals surface area contributed by atoms with E-state index in [2.05, 4.69) is 0 Å². The minimum absolute atomic E-state index is 0.697. The lowest BCUT2D eigenvalue weighted by atomic mass is 10.4. The molecule has 0 amide bonds. The fourth-order valence-corrected chi connectivity index (χ4v) is 2.10. The number of alkyl halides is 1. The number of hydrogen-bond acceptors (Lipinski definition) is 2. The Bertz CT molecular complexity index is 145. The average molecular weight is 179 g/mol. The van der Waals surface area contributed by atoms with E-state index in [1.165, 1.54) is 4.91 Å². The zero-order valence-electron chi connectivity index (χ0n) is 6.02. The molecule has 0 spiro atoms. The van der Waals surface area contributed by atoms with Gasteiger partial charge < -0.3 is 4.74 Å². The summed E-state index contributed by atoms with van der Waals surface area (Å²) in [4.78, 5) is 1.32. The van der Waals surface area contributed by atoms with Gasteiger partial charge in [0.2, 0.25) is 0 Å². The summed E-state index contributed by atoms with van der Waals surface area (Å²) in [7, 11) is 0. The van der Waals surface area contributed by atoms with Crippen LogP contribution in [0.2, 0.25) is 0 Å². The second-order valence-electron chi connectivity index (χ2n) is 2.12. The maximum atomic E-state index is 5.60. The molecular formula is C7H11ClOS. The normalized spacial score (nSPS) is 19.0. The molecule has 0 aromatic heterocycles. The lowest BCUT2D eigenvalue weighted by Gasteiger charge is -2.17. The number of thioether (sulfide) groups is 1. The number of ether oxygens (including phenoxy) is 1. The first kappa shape index (κ1) is 8.28. The Morgan fingerprint density at radius 1 is 1.70 bits per heavy atom. The first-order valence-electron chi connectivity index (χ1n) is 3.36. The van der Waals surface area contributed by atoms with Gasteiger partial charge in [-0.2, -0.15) is 0 Å². The fraction of sp³-hybridized carbons (Fsp3) is 0.714. The van der Waals surface area contributed by atoms with E-state index in [-0.39, 0.29) is 0 Å². The molecule has 0 atom stereocenters. The van der Waals surface area contributed by atoms with Crippen molar-refractivity contribution in [2.24, 2.45) is 0 Å². The van der Waals surface area contributed by atoms with Crippen LogP contribution in [0.1, 0.15) is 13.3 Å². The predicted octanol–water partition coefficient (Wildman–Crippen LogP) is 2.61. The highest BCUT2D eigenvalue weighted by Gasteiger charge is 2.09. The van der Waals surface area contributed by atoms with Crippen molar-refractivity contribution in [2.75, 3.05) is 18.2 Å². The molecule has 1 heterocycles. The molecule has 1 aliphatic rings. The van der Waals surface area contributed by atoms with E-state index in [4.69, 9.17) is 16.3 Å². The monoisotopic (exact) mass is 178 g/mol. The van der Waals surface area contributed by atoms with E-state index in [1.54, 1.807) is 0 Å². The van der Waals surface area contributed by atoms with Crippen LogP contribution in [0.25, 0.3) is 0 Å². The van der Waals surface area contributed by atoms with Crippen molar-refractivity contribution in [1.82, 2.24) is 0 Å². The summed E-state index contributed by atoms with van der Waals surface area (Å²) in [5, 5.41) is 0. The molecule has 0 saturated heterocycles. The topological polar surface area (TPSA) is 9.23 Å². The van der Waals surface area contributed by atoms with Crippen LogP contribution in [0, 0.1) is 0 Å². The highest BCUT2D eigenvalue weighted by molar-refractivity contribution is 8.03. The SMILES string of the molecule is CC1=C(CCCl)SCCO1. The highest BCUT2D eigenvalue weighted by atomic mass is 35.5. The molecule has 0 bridgehead atoms. The maximum absolute atomic E-state index is 5.60. The van der Waals surface area contributed by atoms with Crippen LogP contribution in [0.4, 0.5) is 0 Å². The van der Waals surface area contributed by atoms with Gasteiger partial charge in [-0.1, -0.05) is 0 Å². The molecule has 1 aliphatic heterocycles. The summed E-state index contributed by atoms with van der Waals surface area (Å²) in [6.45, 7) is 2.86. The first-order valence-corrected chi connectivity index (χ1v) is 4.88. The fourth-order valence-electron chi connectivity index (χ4n) is 0.876. The van der Waals surface area contributed by atoms with Gasteiger partial charge in [0.15, 0.2) is 0 Å². The molecule has 0 saturated carbocycles. The van der Waals surface area contributed by atoms with Crippen LogP contribution in [0.5, 0.6) is 0 Å². The lowest BCUT2D eigenvalue weighted by molar-refractivity contribution is 0.228. The largest absolute Gasteiger partial charge is 0.497 e. The molecule has 3 heteroatoms. The van der Waals surface area contributed by atoms with E-state index in [0.717, 1.165) is 24.5 Å². The van der Waals surface area contributed by atoms with Gasteiger partial charge in [0.25, 0.3) is 0 Å². The van der Waals surface area contributed by atoms with E-state index in [0.29, 0.717) is 5.88 Å². The molecule has 0 N–H and O–H groups in total. The summed E-state index contributed by atoms with van der Waals surface area (Å²) >= 11 is 7.46. The molecule has 0 fully saturated rings. The van der Waals surface area contributed by atoms with Gasteiger partial charge >= 0.3 is 0 Å². The third-order valence-corrected chi connectivity index (χ3v) is 2.79. The second-order valence-corrected chi connectivity index (χ2v) is 3.68. The molecular weight excluding hydrogens is 168 g/mol. The van der Waals surface area contributed by atoms with Crippen LogP contribution in [-0.2, 0) is 4.74 Å². The summed E-state index contributed by atoms with van der Waals surface area (Å²) in [5.41, 5.74) is 0. The smallest absolute Gasteiger partial charge is 0.102 e. The first-order chi connectivity index (χ1) is 4.84. The van der Waals surface area contributed by atoms with Gasteiger partial charge in [-0.15, -0.1) is 23.4 Å². The molecule has 10 heavy (non-hydrogen) atoms. The van der Waals surface area contributed by atoms with Crippen LogP contribution >= 0.6 is 23.4 Å². The van der Waals surface area contributed by atoms with E-state index < -0.39 is 0 Å². The zero-order chi connectivity index (χ0) is 7.40. The molecule has 58 valence electrons. The molecule has 0 unspecified atom stereocenters. The predicted molar refractivity (Wildman–Crippen MR) is 46.4 cm³/mol. The molecule has 0 radical (unpaired) electrons. The Balaban J connectivity index is 2.50. The van der Waals surface area contributed by atoms with Crippen molar-refractivity contribution in [3.63, 3.8) is 0 Å². The van der Waals surface area contributed by atoms with Gasteiger partial charge in [-0.05, 0) is 13.3 Å². The van der Waals surface area contributed by atoms with Gasteiger partial charge in [-0.3, -0.25) is 0 Å². The summed E-state index contributed by atoms with van der Waals surface area (Å²) < 4.78 is 5.34. The Hall–Kier alpha value is 0.180. The summed E-state index contributed by atoms with van der Waals surface area (Å²) in [5.74, 6) is 2.84. The zero-order valence-corrected chi connectivity index (χ0v) is 7.60. The van der Waals surface area contributed by atoms with Gasteiger partial charge in [0.05, 0.1) is 6.61 Å². The van der Waals surface area contributed by atoms with Gasteiger partial charge in [-0.25, -0.2) is 0 Å². The molecule has 1 rings (SSSR count). The number of allylic oxidation sites excluding steroid dienone is 2. The van der Waals surface area contributed by atoms with E-state index in [9.17, 15) is 0 Å². The maximum Gasteiger partial charge on any atom is 0.102 e. The van der Waals surface area contributed by atoms with E-state index >= 15 is 0 Å². The molecule has 0 aromatic rings. The molecule has 1 nitrogen and oxygen atoms in total. The van der Waals surface area contributed by atoms with Crippen LogP contribution < -0.4 is 0 Å². The summed E-state index contributed by atoms with van der Waals surface area (Å²) in [6, 6.07) is 0. The van der Waals surface area contributed by atoms with Crippen molar-refractivity contribution < 1.29 is 4.74 Å². The Morgan fingerprint density at radius 3 is 3.10 bits per heavy atom. The number of hydrogen-bond donors (Lipinski definition) is 0. The molecule has 0 aromatic carbocycles. The third kappa shape index (κ3) is 2.10. The van der Waals surface area contributed by atoms with Crippen molar-refractivity contribution in [3.05, 3.63) is 10.7 Å². The quantitative estimate of drug-likeness (QED) is 0.602. The second kappa shape index (κ2) is 4.14. The Labute approximate surface area is 70.8 Å². The standard InChI is InChI=1S/C7H11ClOS/c1-6-7(2-3-8)10-5-4-9-6/h2-5H2,1H3. The van der Waals surface area contributed by atoms with Crippen molar-refractivity contribution in [3.8, 4) is 0 Å². The minimum Gasteiger partial charge on any atom is -0.497 e. The number of rotatable bonds is 2. The number of halogens is 1. The highest BCUT2D eigenvalue weighted by Crippen LogP contribution is 2.27. The van der Waals surface area contributed by atoms with Gasteiger partial charge in [0, 0.05) is 16.5 Å². The average Bonchev–Trinajstić information content (AvgIpc) is 1.94. The Morgan fingerprint density at radius 2 is 2.50 bits per heavy atom. The van der Waals surface area contributed by atoms with Crippen LogP contribution in [0.3, 0.4) is 0 Å². The van der Waals surface area contributed by atoms with Crippen LogP contribution in [-0.4, -0.2) is 18.2 Å². The van der Waals surface area contributed by atoms with Crippen molar-refractivity contribution >= 4 is 23.4 Å². The van der Waals surface area contributed by atoms with Gasteiger partial charge in [0.1, 0.15) is 5.76 Å². The van der Waals surface area contributed by atoms with E-state index in [1.807, 2.05) is 18.7 Å². The van der Waals surface area contributed by atoms with Crippen LogP contribution in [0.15, 0.2) is 10.7 Å². The summed E-state index contributed by atoms with van der Waals surface area (Å²) in [6.07, 6.45) is 0.956. The minimum atomic E-state index is 0.697. The molecule has 0 aliphatic carbocycles.